The van der Waals surface area contributed by atoms with Gasteiger partial charge in [0.05, 0.1) is 30.7 Å². The molecular formula is C16H21N3O2. The summed E-state index contributed by atoms with van der Waals surface area (Å²) in [5.74, 6) is -0.287. The van der Waals surface area contributed by atoms with Crippen LogP contribution >= 0.6 is 0 Å². The maximum Gasteiger partial charge on any atom is 0.338 e. The van der Waals surface area contributed by atoms with E-state index in [1.54, 1.807) is 19.1 Å². The van der Waals surface area contributed by atoms with E-state index in [0.717, 1.165) is 24.3 Å². The number of benzene rings is 1. The number of carbonyl (C=O) groups excluding carboxylic acids is 1. The molecule has 0 aliphatic rings. The molecule has 0 bridgehead atoms. The van der Waals surface area contributed by atoms with E-state index in [-0.39, 0.29) is 5.97 Å². The van der Waals surface area contributed by atoms with Gasteiger partial charge in [0.2, 0.25) is 0 Å². The monoisotopic (exact) mass is 287 g/mol. The highest BCUT2D eigenvalue weighted by Crippen LogP contribution is 2.12. The van der Waals surface area contributed by atoms with Crippen molar-refractivity contribution in [1.82, 2.24) is 9.55 Å². The van der Waals surface area contributed by atoms with E-state index in [2.05, 4.69) is 21.8 Å². The molecule has 0 amide bonds. The molecule has 0 aliphatic carbocycles. The Morgan fingerprint density at radius 1 is 1.29 bits per heavy atom. The molecule has 5 nitrogen and oxygen atoms in total. The average molecular weight is 287 g/mol. The fourth-order valence-corrected chi connectivity index (χ4v) is 2.07. The Morgan fingerprint density at radius 2 is 2.05 bits per heavy atom. The summed E-state index contributed by atoms with van der Waals surface area (Å²) in [6.07, 6.45) is 4.80. The number of rotatable bonds is 7. The van der Waals surface area contributed by atoms with Crippen LogP contribution in [0.3, 0.4) is 0 Å². The Labute approximate surface area is 125 Å². The summed E-state index contributed by atoms with van der Waals surface area (Å²) in [5, 5.41) is 3.33. The highest BCUT2D eigenvalue weighted by molar-refractivity contribution is 5.89. The number of carbonyl (C=O) groups is 1. The summed E-state index contributed by atoms with van der Waals surface area (Å²) in [7, 11) is 0. The predicted molar refractivity (Wildman–Crippen MR) is 82.2 cm³/mol. The van der Waals surface area contributed by atoms with Crippen molar-refractivity contribution in [3.63, 3.8) is 0 Å². The molecule has 2 aromatic rings. The number of esters is 1. The Kier molecular flexibility index (Phi) is 5.37. The van der Waals surface area contributed by atoms with E-state index in [1.807, 2.05) is 24.7 Å². The summed E-state index contributed by atoms with van der Waals surface area (Å²) in [6, 6.07) is 7.30. The Morgan fingerprint density at radius 3 is 2.71 bits per heavy atom. The van der Waals surface area contributed by atoms with Gasteiger partial charge >= 0.3 is 5.97 Å². The molecule has 0 saturated carbocycles. The van der Waals surface area contributed by atoms with Crippen molar-refractivity contribution in [2.75, 3.05) is 11.9 Å². The molecule has 0 saturated heterocycles. The van der Waals surface area contributed by atoms with E-state index in [4.69, 9.17) is 4.74 Å². The van der Waals surface area contributed by atoms with Crippen molar-refractivity contribution in [2.45, 2.75) is 33.4 Å². The Bertz CT molecular complexity index is 575. The van der Waals surface area contributed by atoms with Gasteiger partial charge in [0.25, 0.3) is 0 Å². The van der Waals surface area contributed by atoms with Crippen LogP contribution in [0.5, 0.6) is 0 Å². The van der Waals surface area contributed by atoms with Gasteiger partial charge in [0.1, 0.15) is 0 Å². The quantitative estimate of drug-likeness (QED) is 0.795. The molecule has 1 N–H and O–H groups in total. The van der Waals surface area contributed by atoms with Gasteiger partial charge in [0, 0.05) is 18.4 Å². The van der Waals surface area contributed by atoms with E-state index >= 15 is 0 Å². The maximum absolute atomic E-state index is 11.6. The fourth-order valence-electron chi connectivity index (χ4n) is 2.07. The summed E-state index contributed by atoms with van der Waals surface area (Å²) < 4.78 is 7.10. The molecule has 1 heterocycles. The van der Waals surface area contributed by atoms with Crippen LogP contribution in [0.4, 0.5) is 5.69 Å². The van der Waals surface area contributed by atoms with Gasteiger partial charge in [-0.25, -0.2) is 9.78 Å². The summed E-state index contributed by atoms with van der Waals surface area (Å²) in [4.78, 5) is 15.7. The van der Waals surface area contributed by atoms with Crippen LogP contribution < -0.4 is 5.32 Å². The van der Waals surface area contributed by atoms with Crippen molar-refractivity contribution in [1.29, 1.82) is 0 Å². The molecule has 0 aliphatic heterocycles. The number of nitrogens with one attached hydrogen (secondary N) is 1. The first-order valence-electron chi connectivity index (χ1n) is 7.24. The molecule has 112 valence electrons. The Balaban J connectivity index is 1.94. The van der Waals surface area contributed by atoms with Crippen molar-refractivity contribution in [3.8, 4) is 0 Å². The number of anilines is 1. The molecular weight excluding hydrogens is 266 g/mol. The van der Waals surface area contributed by atoms with Crippen LogP contribution in [-0.2, 0) is 17.8 Å². The third-order valence-electron chi connectivity index (χ3n) is 3.13. The topological polar surface area (TPSA) is 56.2 Å². The molecule has 0 fully saturated rings. The van der Waals surface area contributed by atoms with Gasteiger partial charge in [-0.2, -0.15) is 0 Å². The van der Waals surface area contributed by atoms with E-state index < -0.39 is 0 Å². The van der Waals surface area contributed by atoms with E-state index in [0.29, 0.717) is 18.7 Å². The molecule has 0 unspecified atom stereocenters. The van der Waals surface area contributed by atoms with Gasteiger partial charge in [-0.3, -0.25) is 0 Å². The average Bonchev–Trinajstić information content (AvgIpc) is 2.94. The smallest absolute Gasteiger partial charge is 0.338 e. The minimum atomic E-state index is -0.287. The molecule has 0 radical (unpaired) electrons. The number of hydrogen-bond acceptors (Lipinski definition) is 4. The van der Waals surface area contributed by atoms with E-state index in [1.165, 1.54) is 0 Å². The first-order valence-corrected chi connectivity index (χ1v) is 7.24. The van der Waals surface area contributed by atoms with Crippen LogP contribution in [0, 0.1) is 0 Å². The van der Waals surface area contributed by atoms with Crippen molar-refractivity contribution in [2.24, 2.45) is 0 Å². The van der Waals surface area contributed by atoms with Crippen molar-refractivity contribution >= 4 is 11.7 Å². The normalized spacial score (nSPS) is 10.4. The van der Waals surface area contributed by atoms with Crippen LogP contribution in [-0.4, -0.2) is 22.1 Å². The zero-order valence-electron chi connectivity index (χ0n) is 12.5. The van der Waals surface area contributed by atoms with Gasteiger partial charge in [-0.05, 0) is 37.6 Å². The van der Waals surface area contributed by atoms with Crippen LogP contribution in [0.15, 0.2) is 36.8 Å². The first kappa shape index (κ1) is 15.1. The number of nitrogens with zero attached hydrogens (tertiary/aromatic N) is 2. The van der Waals surface area contributed by atoms with Crippen LogP contribution in [0.25, 0.3) is 0 Å². The standard InChI is InChI=1S/C16H21N3O2/c1-3-9-19-12-17-10-15(19)11-18-14-7-5-13(6-8-14)16(20)21-4-2/h5-8,10,12,18H,3-4,9,11H2,1-2H3. The predicted octanol–water partition coefficient (Wildman–Crippen LogP) is 3.08. The lowest BCUT2D eigenvalue weighted by molar-refractivity contribution is 0.0526. The third-order valence-corrected chi connectivity index (χ3v) is 3.13. The zero-order valence-corrected chi connectivity index (χ0v) is 12.5. The highest BCUT2D eigenvalue weighted by atomic mass is 16.5. The molecule has 1 aromatic carbocycles. The molecule has 0 atom stereocenters. The van der Waals surface area contributed by atoms with Crippen LogP contribution in [0.1, 0.15) is 36.3 Å². The number of aromatic nitrogens is 2. The maximum atomic E-state index is 11.6. The van der Waals surface area contributed by atoms with Gasteiger partial charge in [-0.1, -0.05) is 6.92 Å². The molecule has 5 heteroatoms. The van der Waals surface area contributed by atoms with E-state index in [9.17, 15) is 4.79 Å². The second-order valence-corrected chi connectivity index (χ2v) is 4.73. The zero-order chi connectivity index (χ0) is 15.1. The van der Waals surface area contributed by atoms with Gasteiger partial charge in [0.15, 0.2) is 0 Å². The molecule has 1 aromatic heterocycles. The number of hydrogen-bond donors (Lipinski definition) is 1. The second-order valence-electron chi connectivity index (χ2n) is 4.73. The highest BCUT2D eigenvalue weighted by Gasteiger charge is 2.06. The minimum Gasteiger partial charge on any atom is -0.462 e. The summed E-state index contributed by atoms with van der Waals surface area (Å²) in [6.45, 7) is 6.01. The number of aryl methyl sites for hydroxylation is 1. The number of ether oxygens (including phenoxy) is 1. The molecule has 21 heavy (non-hydrogen) atoms. The Hall–Kier alpha value is -2.30. The minimum absolute atomic E-state index is 0.287. The van der Waals surface area contributed by atoms with Crippen molar-refractivity contribution < 1.29 is 9.53 Å². The first-order chi connectivity index (χ1) is 10.2. The van der Waals surface area contributed by atoms with Crippen LogP contribution in [0.2, 0.25) is 0 Å². The second kappa shape index (κ2) is 7.47. The lowest BCUT2D eigenvalue weighted by Gasteiger charge is -2.09. The van der Waals surface area contributed by atoms with Crippen molar-refractivity contribution in [3.05, 3.63) is 48.0 Å². The molecule has 0 spiro atoms. The fraction of sp³-hybridized carbons (Fsp3) is 0.375. The lowest BCUT2D eigenvalue weighted by Crippen LogP contribution is -2.07. The summed E-state index contributed by atoms with van der Waals surface area (Å²) in [5.41, 5.74) is 2.68. The van der Waals surface area contributed by atoms with Gasteiger partial charge < -0.3 is 14.6 Å². The molecule has 2 rings (SSSR count). The third kappa shape index (κ3) is 4.08. The van der Waals surface area contributed by atoms with Gasteiger partial charge in [-0.15, -0.1) is 0 Å². The largest absolute Gasteiger partial charge is 0.462 e. The summed E-state index contributed by atoms with van der Waals surface area (Å²) >= 11 is 0. The number of imidazole rings is 1. The SMILES string of the molecule is CCCn1cncc1CNc1ccc(C(=O)OCC)cc1. The lowest BCUT2D eigenvalue weighted by atomic mass is 10.2.